The summed E-state index contributed by atoms with van der Waals surface area (Å²) >= 11 is 0. The largest absolute Gasteiger partial charge is 0.463 e. The van der Waals surface area contributed by atoms with Crippen molar-refractivity contribution in [2.75, 3.05) is 38.6 Å². The summed E-state index contributed by atoms with van der Waals surface area (Å²) in [7, 11) is 0. The molecule has 30 heavy (non-hydrogen) atoms. The fourth-order valence-electron chi connectivity index (χ4n) is 3.61. The van der Waals surface area contributed by atoms with E-state index in [1.807, 2.05) is 12.1 Å². The van der Waals surface area contributed by atoms with Crippen LogP contribution >= 0.6 is 0 Å². The number of nitrogens with two attached hydrogens (primary N) is 1. The van der Waals surface area contributed by atoms with Crippen molar-refractivity contribution in [3.63, 3.8) is 0 Å². The van der Waals surface area contributed by atoms with Gasteiger partial charge in [0.15, 0.2) is 5.82 Å². The van der Waals surface area contributed by atoms with Crippen LogP contribution in [0.3, 0.4) is 0 Å². The summed E-state index contributed by atoms with van der Waals surface area (Å²) in [6.45, 7) is 6.98. The van der Waals surface area contributed by atoms with Crippen molar-refractivity contribution >= 4 is 16.9 Å². The third-order valence-corrected chi connectivity index (χ3v) is 5.39. The lowest BCUT2D eigenvalue weighted by molar-refractivity contribution is 0.0342. The molecule has 1 aliphatic rings. The van der Waals surface area contributed by atoms with E-state index >= 15 is 0 Å². The zero-order valence-electron chi connectivity index (χ0n) is 17.3. The van der Waals surface area contributed by atoms with Crippen molar-refractivity contribution in [3.05, 3.63) is 47.2 Å². The molecule has 1 unspecified atom stereocenters. The molecule has 1 aliphatic heterocycles. The van der Waals surface area contributed by atoms with Gasteiger partial charge in [0.2, 0.25) is 0 Å². The normalized spacial score (nSPS) is 16.1. The van der Waals surface area contributed by atoms with E-state index in [-0.39, 0.29) is 6.01 Å². The van der Waals surface area contributed by atoms with E-state index in [1.165, 1.54) is 5.56 Å². The molecular weight excluding hydrogens is 382 g/mol. The number of benzene rings is 1. The van der Waals surface area contributed by atoms with Crippen LogP contribution in [0.4, 0.5) is 5.82 Å². The molecule has 0 amide bonds. The third-order valence-electron chi connectivity index (χ3n) is 5.39. The van der Waals surface area contributed by atoms with Gasteiger partial charge in [-0.3, -0.25) is 4.90 Å². The van der Waals surface area contributed by atoms with E-state index in [0.29, 0.717) is 29.0 Å². The highest BCUT2D eigenvalue weighted by Crippen LogP contribution is 2.31. The van der Waals surface area contributed by atoms with E-state index in [4.69, 9.17) is 15.2 Å². The minimum absolute atomic E-state index is 0.238. The average Bonchev–Trinajstić information content (AvgIpc) is 3.19. The summed E-state index contributed by atoms with van der Waals surface area (Å²) in [5.41, 5.74) is 9.92. The average molecular weight is 412 g/mol. The minimum atomic E-state index is -0.825. The summed E-state index contributed by atoms with van der Waals surface area (Å²) in [6, 6.07) is 8.28. The second-order valence-electron chi connectivity index (χ2n) is 7.59. The lowest BCUT2D eigenvalue weighted by atomic mass is 10.0. The van der Waals surface area contributed by atoms with Gasteiger partial charge in [0.25, 0.3) is 0 Å². The number of aliphatic hydroxyl groups is 1. The molecule has 160 valence electrons. The van der Waals surface area contributed by atoms with E-state index in [9.17, 15) is 5.11 Å². The number of fused-ring (bicyclic) bond motifs is 1. The number of hydrogen-bond acceptors (Lipinski definition) is 7. The second-order valence-corrected chi connectivity index (χ2v) is 7.59. The summed E-state index contributed by atoms with van der Waals surface area (Å²) < 4.78 is 11.0. The Hall–Kier alpha value is -2.68. The Morgan fingerprint density at radius 3 is 2.73 bits per heavy atom. The number of hydrogen-bond donors (Lipinski definition) is 3. The first-order chi connectivity index (χ1) is 14.7. The molecule has 0 spiro atoms. The van der Waals surface area contributed by atoms with E-state index < -0.39 is 6.10 Å². The van der Waals surface area contributed by atoms with Crippen LogP contribution in [-0.2, 0) is 11.3 Å². The number of anilines is 1. The predicted octanol–water partition coefficient (Wildman–Crippen LogP) is 2.63. The van der Waals surface area contributed by atoms with Crippen molar-refractivity contribution in [1.82, 2.24) is 19.9 Å². The number of H-pyrrole nitrogens is 1. The van der Waals surface area contributed by atoms with E-state index in [2.05, 4.69) is 38.9 Å². The van der Waals surface area contributed by atoms with Gasteiger partial charge in [0.1, 0.15) is 17.1 Å². The van der Waals surface area contributed by atoms with Crippen molar-refractivity contribution < 1.29 is 14.6 Å². The van der Waals surface area contributed by atoms with Gasteiger partial charge in [-0.1, -0.05) is 37.6 Å². The standard InChI is InChI=1S/C22H29N5O3/c1-2-3-10-30-22-25-18-17(13-24-19(18)21(23)26-22)20(28)16-6-4-15(5-7-16)14-27-8-11-29-12-9-27/h4-7,13,20,24,28H,2-3,8-12,14H2,1H3,(H2,23,25,26). The lowest BCUT2D eigenvalue weighted by Gasteiger charge is -2.26. The summed E-state index contributed by atoms with van der Waals surface area (Å²) in [5.74, 6) is 0.311. The minimum Gasteiger partial charge on any atom is -0.463 e. The molecule has 1 aromatic carbocycles. The highest BCUT2D eigenvalue weighted by Gasteiger charge is 2.20. The molecule has 4 rings (SSSR count). The van der Waals surface area contributed by atoms with E-state index in [0.717, 1.165) is 51.3 Å². The Balaban J connectivity index is 1.52. The smallest absolute Gasteiger partial charge is 0.319 e. The maximum atomic E-state index is 11.0. The molecular formula is C22H29N5O3. The number of nitrogen functional groups attached to an aromatic ring is 1. The number of nitrogens with one attached hydrogen (secondary N) is 1. The lowest BCUT2D eigenvalue weighted by Crippen LogP contribution is -2.35. The number of unbranched alkanes of at least 4 members (excludes halogenated alkanes) is 1. The van der Waals surface area contributed by atoms with Gasteiger partial charge in [0, 0.05) is 31.4 Å². The molecule has 4 N–H and O–H groups in total. The highest BCUT2D eigenvalue weighted by atomic mass is 16.5. The van der Waals surface area contributed by atoms with Gasteiger partial charge in [-0.15, -0.1) is 0 Å². The fourth-order valence-corrected chi connectivity index (χ4v) is 3.61. The first-order valence-corrected chi connectivity index (χ1v) is 10.5. The Bertz CT molecular complexity index is 967. The van der Waals surface area contributed by atoms with Crippen LogP contribution in [-0.4, -0.2) is 57.9 Å². The quantitative estimate of drug-likeness (QED) is 0.489. The van der Waals surface area contributed by atoms with Crippen molar-refractivity contribution in [3.8, 4) is 6.01 Å². The third kappa shape index (κ3) is 4.56. The molecule has 1 saturated heterocycles. The van der Waals surface area contributed by atoms with Crippen LogP contribution < -0.4 is 10.5 Å². The van der Waals surface area contributed by atoms with Crippen LogP contribution in [0.15, 0.2) is 30.5 Å². The molecule has 0 aliphatic carbocycles. The van der Waals surface area contributed by atoms with Gasteiger partial charge >= 0.3 is 6.01 Å². The predicted molar refractivity (Wildman–Crippen MR) is 115 cm³/mol. The van der Waals surface area contributed by atoms with Gasteiger partial charge in [0.05, 0.1) is 19.8 Å². The second kappa shape index (κ2) is 9.42. The topological polar surface area (TPSA) is 110 Å². The SMILES string of the molecule is CCCCOc1nc(N)c2[nH]cc(C(O)c3ccc(CN4CCOCC4)cc3)c2n1. The van der Waals surface area contributed by atoms with Crippen molar-refractivity contribution in [2.24, 2.45) is 0 Å². The number of aliphatic hydroxyl groups excluding tert-OH is 1. The zero-order chi connectivity index (χ0) is 20.9. The molecule has 2 aromatic heterocycles. The number of nitrogens with zero attached hydrogens (tertiary/aromatic N) is 3. The van der Waals surface area contributed by atoms with Gasteiger partial charge in [-0.05, 0) is 17.5 Å². The van der Waals surface area contributed by atoms with Gasteiger partial charge in [-0.25, -0.2) is 0 Å². The molecule has 8 nitrogen and oxygen atoms in total. The molecule has 0 bridgehead atoms. The van der Waals surface area contributed by atoms with Crippen LogP contribution in [0, 0.1) is 0 Å². The Morgan fingerprint density at radius 1 is 1.23 bits per heavy atom. The molecule has 1 fully saturated rings. The number of aromatic nitrogens is 3. The summed E-state index contributed by atoms with van der Waals surface area (Å²) in [4.78, 5) is 14.1. The van der Waals surface area contributed by atoms with Crippen LogP contribution in [0.1, 0.15) is 42.6 Å². The maximum absolute atomic E-state index is 11.0. The summed E-state index contributed by atoms with van der Waals surface area (Å²) in [5, 5.41) is 11.0. The number of ether oxygens (including phenoxy) is 2. The van der Waals surface area contributed by atoms with E-state index in [1.54, 1.807) is 6.20 Å². The highest BCUT2D eigenvalue weighted by molar-refractivity contribution is 5.88. The fraction of sp³-hybridized carbons (Fsp3) is 0.455. The molecule has 0 saturated carbocycles. The van der Waals surface area contributed by atoms with Crippen LogP contribution in [0.25, 0.3) is 11.0 Å². The molecule has 0 radical (unpaired) electrons. The van der Waals surface area contributed by atoms with Crippen LogP contribution in [0.5, 0.6) is 6.01 Å². The number of aromatic amines is 1. The first kappa shape index (κ1) is 20.6. The number of rotatable bonds is 8. The van der Waals surface area contributed by atoms with Crippen LogP contribution in [0.2, 0.25) is 0 Å². The van der Waals surface area contributed by atoms with Gasteiger partial charge in [-0.2, -0.15) is 9.97 Å². The molecule has 3 aromatic rings. The molecule has 3 heterocycles. The maximum Gasteiger partial charge on any atom is 0.319 e. The van der Waals surface area contributed by atoms with Crippen molar-refractivity contribution in [2.45, 2.75) is 32.4 Å². The Labute approximate surface area is 176 Å². The van der Waals surface area contributed by atoms with Gasteiger partial charge < -0.3 is 25.3 Å². The Kier molecular flexibility index (Phi) is 6.47. The molecule has 1 atom stereocenters. The number of morpholine rings is 1. The summed E-state index contributed by atoms with van der Waals surface area (Å²) in [6.07, 6.45) is 2.85. The Morgan fingerprint density at radius 2 is 2.00 bits per heavy atom. The van der Waals surface area contributed by atoms with Crippen molar-refractivity contribution in [1.29, 1.82) is 0 Å². The molecule has 8 heteroatoms. The first-order valence-electron chi connectivity index (χ1n) is 10.5. The monoisotopic (exact) mass is 411 g/mol. The zero-order valence-corrected chi connectivity index (χ0v) is 17.3.